The molecule has 0 radical (unpaired) electrons. The van der Waals surface area contributed by atoms with Gasteiger partial charge in [0.25, 0.3) is 0 Å². The molecule has 0 bridgehead atoms. The molecule has 2 amide bonds. The molecule has 1 rings (SSSR count). The first-order valence-electron chi connectivity index (χ1n) is 5.68. The van der Waals surface area contributed by atoms with E-state index in [0.29, 0.717) is 5.56 Å². The Morgan fingerprint density at radius 1 is 1.20 bits per heavy atom. The van der Waals surface area contributed by atoms with E-state index >= 15 is 0 Å². The van der Waals surface area contributed by atoms with Crippen molar-refractivity contribution in [2.24, 2.45) is 11.5 Å². The van der Waals surface area contributed by atoms with Gasteiger partial charge >= 0.3 is 6.18 Å². The zero-order valence-corrected chi connectivity index (χ0v) is 10.4. The van der Waals surface area contributed by atoms with Crippen molar-refractivity contribution in [1.82, 2.24) is 5.32 Å². The maximum atomic E-state index is 12.3. The SMILES string of the molecule is NC(=O)CC(N)C(=O)NCc1ccc(C(F)(F)F)cc1. The highest BCUT2D eigenvalue weighted by Gasteiger charge is 2.29. The van der Waals surface area contributed by atoms with E-state index in [1.807, 2.05) is 0 Å². The average Bonchev–Trinajstić information content (AvgIpc) is 2.34. The van der Waals surface area contributed by atoms with Crippen LogP contribution in [0.5, 0.6) is 0 Å². The smallest absolute Gasteiger partial charge is 0.370 e. The number of halogens is 3. The molecule has 20 heavy (non-hydrogen) atoms. The summed E-state index contributed by atoms with van der Waals surface area (Å²) >= 11 is 0. The third-order valence-corrected chi connectivity index (χ3v) is 2.51. The highest BCUT2D eigenvalue weighted by atomic mass is 19.4. The fraction of sp³-hybridized carbons (Fsp3) is 0.333. The summed E-state index contributed by atoms with van der Waals surface area (Å²) in [5.74, 6) is -1.30. The molecule has 0 aliphatic rings. The van der Waals surface area contributed by atoms with Gasteiger partial charge in [0.05, 0.1) is 18.0 Å². The molecule has 1 unspecified atom stereocenters. The quantitative estimate of drug-likeness (QED) is 0.737. The van der Waals surface area contributed by atoms with Gasteiger partial charge in [0.1, 0.15) is 0 Å². The van der Waals surface area contributed by atoms with Gasteiger partial charge in [-0.25, -0.2) is 0 Å². The monoisotopic (exact) mass is 289 g/mol. The molecule has 8 heteroatoms. The second-order valence-electron chi connectivity index (χ2n) is 4.19. The number of hydrogen-bond donors (Lipinski definition) is 3. The zero-order chi connectivity index (χ0) is 15.3. The van der Waals surface area contributed by atoms with Crippen molar-refractivity contribution >= 4 is 11.8 Å². The van der Waals surface area contributed by atoms with E-state index in [9.17, 15) is 22.8 Å². The van der Waals surface area contributed by atoms with Crippen molar-refractivity contribution in [3.8, 4) is 0 Å². The molecule has 0 aliphatic carbocycles. The summed E-state index contributed by atoms with van der Waals surface area (Å²) in [5, 5.41) is 2.41. The van der Waals surface area contributed by atoms with E-state index in [2.05, 4.69) is 5.32 Å². The van der Waals surface area contributed by atoms with Crippen LogP contribution in [0.2, 0.25) is 0 Å². The van der Waals surface area contributed by atoms with Crippen LogP contribution in [-0.2, 0) is 22.3 Å². The number of hydrogen-bond acceptors (Lipinski definition) is 3. The van der Waals surface area contributed by atoms with Crippen molar-refractivity contribution in [3.63, 3.8) is 0 Å². The van der Waals surface area contributed by atoms with Crippen molar-refractivity contribution in [3.05, 3.63) is 35.4 Å². The van der Waals surface area contributed by atoms with E-state index in [4.69, 9.17) is 11.5 Å². The van der Waals surface area contributed by atoms with Gasteiger partial charge in [0.2, 0.25) is 11.8 Å². The predicted molar refractivity (Wildman–Crippen MR) is 65.1 cm³/mol. The van der Waals surface area contributed by atoms with Crippen LogP contribution in [0.1, 0.15) is 17.5 Å². The van der Waals surface area contributed by atoms with Gasteiger partial charge in [-0.1, -0.05) is 12.1 Å². The standard InChI is InChI=1S/C12H14F3N3O2/c13-12(14,15)8-3-1-7(2-4-8)6-18-11(20)9(16)5-10(17)19/h1-4,9H,5-6,16H2,(H2,17,19)(H,18,20). The summed E-state index contributed by atoms with van der Waals surface area (Å²) < 4.78 is 37.0. The van der Waals surface area contributed by atoms with Crippen molar-refractivity contribution in [2.75, 3.05) is 0 Å². The summed E-state index contributed by atoms with van der Waals surface area (Å²) in [6.07, 6.45) is -4.69. The topological polar surface area (TPSA) is 98.2 Å². The van der Waals surface area contributed by atoms with Gasteiger partial charge in [0, 0.05) is 6.54 Å². The molecule has 110 valence electrons. The van der Waals surface area contributed by atoms with Crippen molar-refractivity contribution in [2.45, 2.75) is 25.2 Å². The minimum absolute atomic E-state index is 0.0173. The molecule has 0 aromatic heterocycles. The Morgan fingerprint density at radius 2 is 1.75 bits per heavy atom. The van der Waals surface area contributed by atoms with Gasteiger partial charge in [-0.2, -0.15) is 13.2 Å². The van der Waals surface area contributed by atoms with E-state index < -0.39 is 29.6 Å². The van der Waals surface area contributed by atoms with Crippen LogP contribution in [0, 0.1) is 0 Å². The molecule has 0 fully saturated rings. The molecule has 1 atom stereocenters. The first kappa shape index (κ1) is 16.0. The van der Waals surface area contributed by atoms with Gasteiger partial charge in [-0.3, -0.25) is 9.59 Å². The lowest BCUT2D eigenvalue weighted by Gasteiger charge is -2.11. The summed E-state index contributed by atoms with van der Waals surface area (Å²) in [6.45, 7) is 0.0173. The molecule has 1 aromatic rings. The normalized spacial score (nSPS) is 12.8. The van der Waals surface area contributed by atoms with E-state index in [-0.39, 0.29) is 13.0 Å². The Kier molecular flexibility index (Phi) is 5.09. The van der Waals surface area contributed by atoms with E-state index in [1.54, 1.807) is 0 Å². The molecule has 0 spiro atoms. The van der Waals surface area contributed by atoms with Crippen LogP contribution in [-0.4, -0.2) is 17.9 Å². The first-order valence-corrected chi connectivity index (χ1v) is 5.68. The number of carbonyl (C=O) groups is 2. The van der Waals surface area contributed by atoms with Crippen LogP contribution >= 0.6 is 0 Å². The molecule has 5 nitrogen and oxygen atoms in total. The van der Waals surface area contributed by atoms with Crippen LogP contribution < -0.4 is 16.8 Å². The fourth-order valence-electron chi connectivity index (χ4n) is 1.44. The van der Waals surface area contributed by atoms with E-state index in [1.165, 1.54) is 12.1 Å². The average molecular weight is 289 g/mol. The molecule has 1 aromatic carbocycles. The lowest BCUT2D eigenvalue weighted by molar-refractivity contribution is -0.137. The Labute approximate surface area is 113 Å². The summed E-state index contributed by atoms with van der Waals surface area (Å²) in [7, 11) is 0. The number of carbonyl (C=O) groups excluding carboxylic acids is 2. The van der Waals surface area contributed by atoms with E-state index in [0.717, 1.165) is 12.1 Å². The fourth-order valence-corrected chi connectivity index (χ4v) is 1.44. The zero-order valence-electron chi connectivity index (χ0n) is 10.4. The number of amides is 2. The lowest BCUT2D eigenvalue weighted by Crippen LogP contribution is -2.42. The van der Waals surface area contributed by atoms with Gasteiger partial charge in [-0.05, 0) is 17.7 Å². The van der Waals surface area contributed by atoms with Gasteiger partial charge in [0.15, 0.2) is 0 Å². The van der Waals surface area contributed by atoms with Gasteiger partial charge in [-0.15, -0.1) is 0 Å². The third-order valence-electron chi connectivity index (χ3n) is 2.51. The highest BCUT2D eigenvalue weighted by molar-refractivity contribution is 5.87. The maximum Gasteiger partial charge on any atom is 0.416 e. The van der Waals surface area contributed by atoms with Gasteiger partial charge < -0.3 is 16.8 Å². The number of nitrogens with one attached hydrogen (secondary N) is 1. The molecule has 0 saturated carbocycles. The molecule has 0 aliphatic heterocycles. The molecular weight excluding hydrogens is 275 g/mol. The van der Waals surface area contributed by atoms with Crippen molar-refractivity contribution < 1.29 is 22.8 Å². The Morgan fingerprint density at radius 3 is 2.20 bits per heavy atom. The van der Waals surface area contributed by atoms with Crippen molar-refractivity contribution in [1.29, 1.82) is 0 Å². The van der Waals surface area contributed by atoms with Crippen LogP contribution in [0.25, 0.3) is 0 Å². The van der Waals surface area contributed by atoms with Crippen LogP contribution in [0.4, 0.5) is 13.2 Å². The number of alkyl halides is 3. The number of benzene rings is 1. The summed E-state index contributed by atoms with van der Waals surface area (Å²) in [4.78, 5) is 22.0. The Balaban J connectivity index is 2.54. The molecular formula is C12H14F3N3O2. The second kappa shape index (κ2) is 6.38. The molecule has 5 N–H and O–H groups in total. The number of primary amides is 1. The molecule has 0 heterocycles. The maximum absolute atomic E-state index is 12.3. The summed E-state index contributed by atoms with van der Waals surface area (Å²) in [5.41, 5.74) is 10.0. The Hall–Kier alpha value is -2.09. The van der Waals surface area contributed by atoms with Crippen LogP contribution in [0.3, 0.4) is 0 Å². The highest BCUT2D eigenvalue weighted by Crippen LogP contribution is 2.28. The molecule has 0 saturated heterocycles. The third kappa shape index (κ3) is 4.88. The lowest BCUT2D eigenvalue weighted by atomic mass is 10.1. The minimum Gasteiger partial charge on any atom is -0.370 e. The number of nitrogens with two attached hydrogens (primary N) is 2. The Bertz CT molecular complexity index is 486. The van der Waals surface area contributed by atoms with Crippen LogP contribution in [0.15, 0.2) is 24.3 Å². The number of rotatable bonds is 5. The summed E-state index contributed by atoms with van der Waals surface area (Å²) in [6, 6.07) is 3.28. The minimum atomic E-state index is -4.40. The second-order valence-corrected chi connectivity index (χ2v) is 4.19. The predicted octanol–water partition coefficient (Wildman–Crippen LogP) is 0.524. The largest absolute Gasteiger partial charge is 0.416 e. The first-order chi connectivity index (χ1) is 9.20.